The number of carbonyl (C=O) groups excluding carboxylic acids is 1. The van der Waals surface area contributed by atoms with Gasteiger partial charge in [0.1, 0.15) is 13.2 Å². The standard InChI is InChI=1S/C23H23N3O3.ClH/c24-20-14-26(13-19(20)15-4-2-1-3-5-15)23(27)18-12-25-11-17(18)16-6-7-21-22(10-16)29-9-8-28-21;/h1-7,10-12,19-20,25H,8-9,13-14,24H2;1H/t19-,20+;/m0./s1. The van der Waals surface area contributed by atoms with E-state index in [1.807, 2.05) is 47.5 Å². The van der Waals surface area contributed by atoms with Gasteiger partial charge >= 0.3 is 0 Å². The Bertz CT molecular complexity index is 1040. The molecule has 2 aliphatic heterocycles. The zero-order chi connectivity index (χ0) is 19.8. The van der Waals surface area contributed by atoms with Crippen molar-refractivity contribution in [2.75, 3.05) is 26.3 Å². The molecule has 0 bridgehead atoms. The lowest BCUT2D eigenvalue weighted by Crippen LogP contribution is -2.32. The normalized spacial score (nSPS) is 20.0. The smallest absolute Gasteiger partial charge is 0.256 e. The van der Waals surface area contributed by atoms with Gasteiger partial charge in [-0.2, -0.15) is 0 Å². The number of halogens is 1. The minimum absolute atomic E-state index is 0. The van der Waals surface area contributed by atoms with Crippen LogP contribution in [0.25, 0.3) is 11.1 Å². The predicted molar refractivity (Wildman–Crippen MR) is 118 cm³/mol. The number of hydrogen-bond donors (Lipinski definition) is 2. The van der Waals surface area contributed by atoms with Crippen LogP contribution < -0.4 is 15.2 Å². The highest BCUT2D eigenvalue weighted by atomic mass is 35.5. The second-order valence-corrected chi connectivity index (χ2v) is 7.53. The SMILES string of the molecule is Cl.N[C@@H]1CN(C(=O)c2c[nH]cc2-c2ccc3c(c2)OCCO3)C[C@H]1c1ccccc1. The summed E-state index contributed by atoms with van der Waals surface area (Å²) in [6.07, 6.45) is 3.61. The molecule has 3 N–H and O–H groups in total. The number of aromatic nitrogens is 1. The Hall–Kier alpha value is -2.96. The van der Waals surface area contributed by atoms with Crippen LogP contribution >= 0.6 is 12.4 Å². The van der Waals surface area contributed by atoms with Gasteiger partial charge in [-0.05, 0) is 23.3 Å². The van der Waals surface area contributed by atoms with Gasteiger partial charge in [0, 0.05) is 43.0 Å². The molecule has 6 nitrogen and oxygen atoms in total. The van der Waals surface area contributed by atoms with E-state index in [-0.39, 0.29) is 30.3 Å². The van der Waals surface area contributed by atoms with Crippen molar-refractivity contribution in [2.24, 2.45) is 5.73 Å². The Labute approximate surface area is 181 Å². The van der Waals surface area contributed by atoms with Gasteiger partial charge in [0.05, 0.1) is 5.56 Å². The molecule has 30 heavy (non-hydrogen) atoms. The summed E-state index contributed by atoms with van der Waals surface area (Å²) in [4.78, 5) is 18.2. The Morgan fingerprint density at radius 1 is 1.00 bits per heavy atom. The van der Waals surface area contributed by atoms with Crippen molar-refractivity contribution < 1.29 is 14.3 Å². The summed E-state index contributed by atoms with van der Waals surface area (Å²) in [7, 11) is 0. The highest BCUT2D eigenvalue weighted by molar-refractivity contribution is 6.01. The molecule has 156 valence electrons. The highest BCUT2D eigenvalue weighted by Gasteiger charge is 2.35. The number of benzene rings is 2. The number of hydrogen-bond acceptors (Lipinski definition) is 4. The quantitative estimate of drug-likeness (QED) is 0.673. The van der Waals surface area contributed by atoms with Crippen molar-refractivity contribution in [1.29, 1.82) is 0 Å². The molecule has 1 saturated heterocycles. The molecule has 3 heterocycles. The molecule has 1 amide bonds. The minimum Gasteiger partial charge on any atom is -0.486 e. The number of amides is 1. The third-order valence-corrected chi connectivity index (χ3v) is 5.71. The molecule has 2 atom stereocenters. The zero-order valence-electron chi connectivity index (χ0n) is 16.4. The fourth-order valence-corrected chi connectivity index (χ4v) is 4.21. The first-order valence-corrected chi connectivity index (χ1v) is 9.87. The molecule has 0 aliphatic carbocycles. The molecule has 2 aliphatic rings. The molecule has 0 unspecified atom stereocenters. The van der Waals surface area contributed by atoms with Crippen LogP contribution in [-0.2, 0) is 0 Å². The first-order chi connectivity index (χ1) is 14.2. The van der Waals surface area contributed by atoms with E-state index in [2.05, 4.69) is 17.1 Å². The molecule has 0 saturated carbocycles. The van der Waals surface area contributed by atoms with Gasteiger partial charge in [-0.1, -0.05) is 36.4 Å². The first-order valence-electron chi connectivity index (χ1n) is 9.87. The molecule has 0 spiro atoms. The number of nitrogens with two attached hydrogens (primary N) is 1. The van der Waals surface area contributed by atoms with Gasteiger partial charge in [-0.25, -0.2) is 0 Å². The third-order valence-electron chi connectivity index (χ3n) is 5.71. The summed E-state index contributed by atoms with van der Waals surface area (Å²) in [5.74, 6) is 1.59. The van der Waals surface area contributed by atoms with Crippen LogP contribution in [0.15, 0.2) is 60.9 Å². The zero-order valence-corrected chi connectivity index (χ0v) is 17.2. The minimum atomic E-state index is -0.0713. The molecule has 7 heteroatoms. The van der Waals surface area contributed by atoms with Crippen molar-refractivity contribution in [3.05, 3.63) is 72.1 Å². The van der Waals surface area contributed by atoms with Crippen LogP contribution in [0.3, 0.4) is 0 Å². The molecular weight excluding hydrogens is 402 g/mol. The second kappa shape index (κ2) is 8.42. The fourth-order valence-electron chi connectivity index (χ4n) is 4.21. The van der Waals surface area contributed by atoms with Crippen molar-refractivity contribution in [1.82, 2.24) is 9.88 Å². The largest absolute Gasteiger partial charge is 0.486 e. The van der Waals surface area contributed by atoms with E-state index in [9.17, 15) is 4.79 Å². The number of nitrogens with one attached hydrogen (secondary N) is 1. The Morgan fingerprint density at radius 3 is 2.57 bits per heavy atom. The predicted octanol–water partition coefficient (Wildman–Crippen LogP) is 3.44. The van der Waals surface area contributed by atoms with Gasteiger partial charge in [-0.3, -0.25) is 4.79 Å². The summed E-state index contributed by atoms with van der Waals surface area (Å²) in [5, 5.41) is 0. The summed E-state index contributed by atoms with van der Waals surface area (Å²) >= 11 is 0. The maximum atomic E-state index is 13.3. The van der Waals surface area contributed by atoms with E-state index < -0.39 is 0 Å². The number of nitrogens with zero attached hydrogens (tertiary/aromatic N) is 1. The highest BCUT2D eigenvalue weighted by Crippen LogP contribution is 2.36. The lowest BCUT2D eigenvalue weighted by Gasteiger charge is -2.19. The first kappa shape index (κ1) is 20.3. The lowest BCUT2D eigenvalue weighted by molar-refractivity contribution is 0.0790. The molecule has 1 aromatic heterocycles. The van der Waals surface area contributed by atoms with Crippen LogP contribution in [0.4, 0.5) is 0 Å². The van der Waals surface area contributed by atoms with Crippen LogP contribution in [0.2, 0.25) is 0 Å². The van der Waals surface area contributed by atoms with Gasteiger partial charge in [0.15, 0.2) is 11.5 Å². The molecule has 1 fully saturated rings. The third kappa shape index (κ3) is 3.64. The Kier molecular flexibility index (Phi) is 5.70. The summed E-state index contributed by atoms with van der Waals surface area (Å²) in [6.45, 7) is 2.25. The fraction of sp³-hybridized carbons (Fsp3) is 0.261. The number of likely N-dealkylation sites (tertiary alicyclic amines) is 1. The maximum Gasteiger partial charge on any atom is 0.256 e. The van der Waals surface area contributed by atoms with E-state index in [4.69, 9.17) is 15.2 Å². The molecule has 5 rings (SSSR count). The van der Waals surface area contributed by atoms with Crippen LogP contribution in [0.5, 0.6) is 11.5 Å². The number of H-pyrrole nitrogens is 1. The number of carbonyl (C=O) groups is 1. The van der Waals surface area contributed by atoms with E-state index >= 15 is 0 Å². The van der Waals surface area contributed by atoms with Gasteiger partial charge in [-0.15, -0.1) is 12.4 Å². The second-order valence-electron chi connectivity index (χ2n) is 7.53. The van der Waals surface area contributed by atoms with Crippen LogP contribution in [0.1, 0.15) is 21.8 Å². The number of aromatic amines is 1. The van der Waals surface area contributed by atoms with E-state index in [1.54, 1.807) is 6.20 Å². The average Bonchev–Trinajstić information content (AvgIpc) is 3.40. The number of ether oxygens (including phenoxy) is 2. The molecule has 3 aromatic rings. The lowest BCUT2D eigenvalue weighted by atomic mass is 9.95. The van der Waals surface area contributed by atoms with Gasteiger partial charge < -0.3 is 25.1 Å². The Morgan fingerprint density at radius 2 is 1.77 bits per heavy atom. The van der Waals surface area contributed by atoms with E-state index in [1.165, 1.54) is 5.56 Å². The van der Waals surface area contributed by atoms with Crippen molar-refractivity contribution in [3.8, 4) is 22.6 Å². The number of fused-ring (bicyclic) bond motifs is 1. The average molecular weight is 426 g/mol. The molecular formula is C23H24ClN3O3. The van der Waals surface area contributed by atoms with E-state index in [0.29, 0.717) is 37.6 Å². The van der Waals surface area contributed by atoms with Gasteiger partial charge in [0.25, 0.3) is 5.91 Å². The maximum absolute atomic E-state index is 13.3. The van der Waals surface area contributed by atoms with Crippen molar-refractivity contribution in [3.63, 3.8) is 0 Å². The van der Waals surface area contributed by atoms with E-state index in [0.717, 1.165) is 16.9 Å². The van der Waals surface area contributed by atoms with Crippen molar-refractivity contribution in [2.45, 2.75) is 12.0 Å². The number of rotatable bonds is 3. The summed E-state index contributed by atoms with van der Waals surface area (Å²) < 4.78 is 11.3. The molecule has 0 radical (unpaired) electrons. The molecule has 2 aromatic carbocycles. The van der Waals surface area contributed by atoms with Gasteiger partial charge in [0.2, 0.25) is 0 Å². The van der Waals surface area contributed by atoms with Crippen LogP contribution in [0, 0.1) is 0 Å². The Balaban J connectivity index is 0.00000218. The summed E-state index contributed by atoms with van der Waals surface area (Å²) in [6, 6.07) is 15.9. The monoisotopic (exact) mass is 425 g/mol. The van der Waals surface area contributed by atoms with Crippen LogP contribution in [-0.4, -0.2) is 48.1 Å². The van der Waals surface area contributed by atoms with Crippen molar-refractivity contribution >= 4 is 18.3 Å². The summed E-state index contributed by atoms with van der Waals surface area (Å²) in [5.41, 5.74) is 9.97. The topological polar surface area (TPSA) is 80.6 Å².